The third-order valence-electron chi connectivity index (χ3n) is 11.6. The van der Waals surface area contributed by atoms with Crippen LogP contribution in [-0.2, 0) is 6.42 Å². The number of hydrogen-bond acceptors (Lipinski definition) is 0. The fourth-order valence-corrected chi connectivity index (χ4v) is 8.16. The van der Waals surface area contributed by atoms with Crippen LogP contribution < -0.4 is 0 Å². The maximum atomic E-state index is 16.8. The first-order chi connectivity index (χ1) is 34.4. The molecule has 26 heteroatoms. The van der Waals surface area contributed by atoms with E-state index in [9.17, 15) is 57.1 Å². The van der Waals surface area contributed by atoms with Crippen molar-refractivity contribution in [3.05, 3.63) is 203 Å². The van der Waals surface area contributed by atoms with Gasteiger partial charge in [-0.15, -0.1) is 6.58 Å². The lowest BCUT2D eigenvalue weighted by molar-refractivity contribution is 0.379. The minimum absolute atomic E-state index is 0.338. The summed E-state index contributed by atoms with van der Waals surface area (Å²) in [5.41, 5.74) is -30.5. The van der Waals surface area contributed by atoms with Gasteiger partial charge in [0.25, 0.3) is 0 Å². The van der Waals surface area contributed by atoms with E-state index in [-0.39, 0.29) is 0 Å². The molecule has 1 fully saturated rings. The monoisotopic (exact) mass is 1080 g/mol. The number of hydrogen-bond donors (Lipinski definition) is 0. The van der Waals surface area contributed by atoms with Crippen molar-refractivity contribution < 1.29 is 114 Å². The van der Waals surface area contributed by atoms with Crippen LogP contribution >= 0.6 is 0 Å². The van der Waals surface area contributed by atoms with Crippen molar-refractivity contribution in [1.29, 1.82) is 0 Å². The summed E-state index contributed by atoms with van der Waals surface area (Å²) < 4.78 is 392. The van der Waals surface area contributed by atoms with E-state index in [4.69, 9.17) is 0 Å². The van der Waals surface area contributed by atoms with Crippen LogP contribution in [0, 0.1) is 151 Å². The first-order valence-corrected chi connectivity index (χ1v) is 19.6. The van der Waals surface area contributed by atoms with E-state index in [1.807, 2.05) is 0 Å². The van der Waals surface area contributed by atoms with Crippen molar-refractivity contribution in [3.8, 4) is 33.4 Å². The van der Waals surface area contributed by atoms with Gasteiger partial charge in [-0.1, -0.05) is 6.08 Å². The summed E-state index contributed by atoms with van der Waals surface area (Å²) in [5.74, 6) is -75.0. The van der Waals surface area contributed by atoms with Gasteiger partial charge in [-0.25, -0.2) is 114 Å². The Hall–Kier alpha value is -7.54. The molecule has 0 N–H and O–H groups in total. The molecule has 6 aromatic rings. The molecule has 0 atom stereocenters. The zero-order valence-corrected chi connectivity index (χ0v) is 35.8. The van der Waals surface area contributed by atoms with Gasteiger partial charge in [-0.05, 0) is 60.6 Å². The highest BCUT2D eigenvalue weighted by atomic mass is 19.2. The van der Waals surface area contributed by atoms with Crippen LogP contribution in [-0.4, -0.2) is 0 Å². The second kappa shape index (κ2) is 18.7. The smallest absolute Gasteiger partial charge is 0.200 e. The molecule has 388 valence electrons. The molecular formula is C48H14F26. The SMILES string of the molecule is C=CCc1c(F)c(/C(C)=C2\C(=C(C)c3c(F)c(F)c(-c4c(F)c(F)c(F)c(F)c4F)c(F)c3F)\C2=C(/C)c2c(F)c(F)c(-c3c(F)c(F)c(F)c(F)c3F)c(F)c2F)c(F)c(F)c1-c1c(F)c(F)c(F)c(F)c1F. The van der Waals surface area contributed by atoms with Gasteiger partial charge in [0.05, 0.1) is 44.5 Å². The zero-order chi connectivity index (χ0) is 55.7. The van der Waals surface area contributed by atoms with E-state index in [1.165, 1.54) is 0 Å². The van der Waals surface area contributed by atoms with Crippen LogP contribution in [0.3, 0.4) is 0 Å². The summed E-state index contributed by atoms with van der Waals surface area (Å²) >= 11 is 0. The largest absolute Gasteiger partial charge is 0.206 e. The highest BCUT2D eigenvalue weighted by molar-refractivity contribution is 6.06. The molecule has 0 aromatic heterocycles. The highest BCUT2D eigenvalue weighted by Crippen LogP contribution is 2.58. The normalized spacial score (nSPS) is 14.6. The Morgan fingerprint density at radius 1 is 0.243 bits per heavy atom. The van der Waals surface area contributed by atoms with E-state index >= 15 is 57.1 Å². The Bertz CT molecular complexity index is 3380. The zero-order valence-electron chi connectivity index (χ0n) is 35.8. The lowest BCUT2D eigenvalue weighted by Crippen LogP contribution is -2.11. The molecule has 0 unspecified atom stereocenters. The summed E-state index contributed by atoms with van der Waals surface area (Å²) in [6.45, 7) is 4.24. The Balaban J connectivity index is 1.63. The summed E-state index contributed by atoms with van der Waals surface area (Å²) in [6.07, 6.45) is -0.680. The quantitative estimate of drug-likeness (QED) is 0.0617. The molecule has 0 nitrogen and oxygen atoms in total. The Kier molecular flexibility index (Phi) is 13.7. The molecule has 1 aliphatic carbocycles. The summed E-state index contributed by atoms with van der Waals surface area (Å²) in [4.78, 5) is 0. The molecule has 6 aromatic carbocycles. The molecule has 0 saturated heterocycles. The minimum atomic E-state index is -2.99. The average Bonchev–Trinajstić information content (AvgIpc) is 4.12. The molecule has 0 heterocycles. The third kappa shape index (κ3) is 7.55. The Morgan fingerprint density at radius 3 is 0.622 bits per heavy atom. The van der Waals surface area contributed by atoms with Gasteiger partial charge in [0.1, 0.15) is 5.82 Å². The molecule has 1 aliphatic rings. The summed E-state index contributed by atoms with van der Waals surface area (Å²) in [5, 5.41) is 0. The lowest BCUT2D eigenvalue weighted by atomic mass is 9.90. The second-order valence-corrected chi connectivity index (χ2v) is 15.5. The number of benzene rings is 6. The second-order valence-electron chi connectivity index (χ2n) is 15.5. The van der Waals surface area contributed by atoms with Crippen LogP contribution in [0.5, 0.6) is 0 Å². The van der Waals surface area contributed by atoms with E-state index in [0.29, 0.717) is 26.8 Å². The van der Waals surface area contributed by atoms with Crippen molar-refractivity contribution in [2.24, 2.45) is 0 Å². The van der Waals surface area contributed by atoms with Gasteiger partial charge in [-0.2, -0.15) is 0 Å². The number of halogens is 26. The molecule has 0 aliphatic heterocycles. The molecule has 0 bridgehead atoms. The average molecular weight is 1080 g/mol. The van der Waals surface area contributed by atoms with Gasteiger partial charge in [0, 0.05) is 11.1 Å². The standard InChI is InChI=1S/C48H14F26/c1-5-6-10-17(18-34(60)40(66)46(72)41(67)35(18)61)29(55)24(50)14(23(10)49)7(2)11-12(8(3)15-25(51)30(56)19(31(57)26(15)52)21-36(62)42(68)47(73)43(69)37(21)63)13(11)9(4)16-27(53)32(58)20(33(59)28(16)54)22-38(64)44(70)48(74)45(71)39(22)65/h5H,1,6H2,2-4H3/b11-7-,12-8+,13-9?. The molecule has 0 radical (unpaired) electrons. The summed E-state index contributed by atoms with van der Waals surface area (Å²) in [7, 11) is 0. The molecule has 0 amide bonds. The van der Waals surface area contributed by atoms with Gasteiger partial charge in [0.2, 0.25) is 17.5 Å². The van der Waals surface area contributed by atoms with Gasteiger partial charge in [-0.3, -0.25) is 0 Å². The molecular weight excluding hydrogens is 1070 g/mol. The Morgan fingerprint density at radius 2 is 0.405 bits per heavy atom. The van der Waals surface area contributed by atoms with E-state index in [0.717, 1.165) is 0 Å². The first kappa shape index (κ1) is 54.2. The summed E-state index contributed by atoms with van der Waals surface area (Å²) in [6, 6.07) is 0. The predicted molar refractivity (Wildman–Crippen MR) is 206 cm³/mol. The number of rotatable bonds is 8. The molecule has 1 saturated carbocycles. The van der Waals surface area contributed by atoms with Crippen LogP contribution in [0.1, 0.15) is 43.0 Å². The maximum absolute atomic E-state index is 16.8. The van der Waals surface area contributed by atoms with Gasteiger partial charge in [0.15, 0.2) is 128 Å². The van der Waals surface area contributed by atoms with Crippen LogP contribution in [0.15, 0.2) is 29.4 Å². The lowest BCUT2D eigenvalue weighted by Gasteiger charge is -2.18. The van der Waals surface area contributed by atoms with Crippen LogP contribution in [0.4, 0.5) is 114 Å². The first-order valence-electron chi connectivity index (χ1n) is 19.6. The maximum Gasteiger partial charge on any atom is 0.200 e. The van der Waals surface area contributed by atoms with Crippen molar-refractivity contribution in [2.45, 2.75) is 27.2 Å². The van der Waals surface area contributed by atoms with E-state index in [1.54, 1.807) is 0 Å². The van der Waals surface area contributed by atoms with E-state index < -0.39 is 247 Å². The predicted octanol–water partition coefficient (Wildman–Crippen LogP) is 16.8. The van der Waals surface area contributed by atoms with Crippen molar-refractivity contribution >= 4 is 16.7 Å². The highest BCUT2D eigenvalue weighted by Gasteiger charge is 2.45. The van der Waals surface area contributed by atoms with Crippen LogP contribution in [0.2, 0.25) is 0 Å². The van der Waals surface area contributed by atoms with Crippen molar-refractivity contribution in [1.82, 2.24) is 0 Å². The molecule has 74 heavy (non-hydrogen) atoms. The number of allylic oxidation sites excluding steroid dienone is 7. The van der Waals surface area contributed by atoms with Crippen molar-refractivity contribution in [3.63, 3.8) is 0 Å². The Labute approximate surface area is 394 Å². The van der Waals surface area contributed by atoms with Gasteiger partial charge >= 0.3 is 0 Å². The minimum Gasteiger partial charge on any atom is -0.206 e. The van der Waals surface area contributed by atoms with Crippen LogP contribution in [0.25, 0.3) is 50.1 Å². The fourth-order valence-electron chi connectivity index (χ4n) is 8.16. The van der Waals surface area contributed by atoms with E-state index in [2.05, 4.69) is 6.58 Å². The molecule has 7 rings (SSSR count). The third-order valence-corrected chi connectivity index (χ3v) is 11.6. The molecule has 0 spiro atoms. The van der Waals surface area contributed by atoms with Crippen molar-refractivity contribution in [2.75, 3.05) is 0 Å². The topological polar surface area (TPSA) is 0 Å². The van der Waals surface area contributed by atoms with Gasteiger partial charge < -0.3 is 0 Å². The fraction of sp³-hybridized carbons (Fsp3) is 0.0833.